The van der Waals surface area contributed by atoms with Crippen LogP contribution in [-0.2, 0) is 30.2 Å². The van der Waals surface area contributed by atoms with Crippen molar-refractivity contribution in [2.45, 2.75) is 52.1 Å². The lowest BCUT2D eigenvalue weighted by Gasteiger charge is -2.50. The number of allylic oxidation sites excluding steroid dienone is 2. The van der Waals surface area contributed by atoms with Crippen molar-refractivity contribution in [3.05, 3.63) is 72.0 Å². The van der Waals surface area contributed by atoms with Crippen molar-refractivity contribution >= 4 is 11.8 Å². The molecule has 8 heteroatoms. The highest BCUT2D eigenvalue weighted by Gasteiger charge is 2.45. The van der Waals surface area contributed by atoms with Gasteiger partial charge in [0, 0.05) is 44.2 Å². The Kier molecular flexibility index (Phi) is 11.2. The van der Waals surface area contributed by atoms with Gasteiger partial charge in [-0.15, -0.1) is 0 Å². The summed E-state index contributed by atoms with van der Waals surface area (Å²) < 4.78 is 28.2. The fourth-order valence-corrected chi connectivity index (χ4v) is 5.27. The SMILES string of the molecule is C=C/C=C(\C=C)COCC(C)(C)C1Cc2cc(OCCCOC)c(OC)cc2C2CC(=O)C(C(=O)OCC)=CN21. The first kappa shape index (κ1) is 31.2. The van der Waals surface area contributed by atoms with Crippen molar-refractivity contribution < 1.29 is 33.3 Å². The third kappa shape index (κ3) is 7.23. The molecule has 0 aromatic heterocycles. The normalized spacial score (nSPS) is 18.8. The van der Waals surface area contributed by atoms with E-state index in [0.29, 0.717) is 44.3 Å². The van der Waals surface area contributed by atoms with Crippen molar-refractivity contribution in [3.63, 3.8) is 0 Å². The lowest BCUT2D eigenvalue weighted by Crippen LogP contribution is -2.52. The van der Waals surface area contributed by atoms with Gasteiger partial charge < -0.3 is 28.6 Å². The molecule has 1 aromatic rings. The van der Waals surface area contributed by atoms with E-state index in [-0.39, 0.29) is 41.9 Å². The Morgan fingerprint density at radius 1 is 1.15 bits per heavy atom. The monoisotopic (exact) mass is 553 g/mol. The zero-order valence-electron chi connectivity index (χ0n) is 24.5. The molecule has 0 saturated carbocycles. The summed E-state index contributed by atoms with van der Waals surface area (Å²) in [6.45, 7) is 15.8. The summed E-state index contributed by atoms with van der Waals surface area (Å²) in [6, 6.07) is 3.65. The van der Waals surface area contributed by atoms with Gasteiger partial charge in [0.15, 0.2) is 17.3 Å². The molecule has 8 nitrogen and oxygen atoms in total. The van der Waals surface area contributed by atoms with E-state index in [1.54, 1.807) is 39.5 Å². The van der Waals surface area contributed by atoms with Gasteiger partial charge in [-0.1, -0.05) is 45.2 Å². The van der Waals surface area contributed by atoms with Crippen LogP contribution < -0.4 is 9.47 Å². The van der Waals surface area contributed by atoms with Crippen LogP contribution in [-0.4, -0.2) is 69.9 Å². The molecule has 2 heterocycles. The Morgan fingerprint density at radius 3 is 2.58 bits per heavy atom. The van der Waals surface area contributed by atoms with E-state index in [2.05, 4.69) is 31.9 Å². The molecule has 0 fully saturated rings. The predicted molar refractivity (Wildman–Crippen MR) is 154 cm³/mol. The number of rotatable bonds is 15. The van der Waals surface area contributed by atoms with Crippen molar-refractivity contribution in [3.8, 4) is 11.5 Å². The van der Waals surface area contributed by atoms with E-state index >= 15 is 0 Å². The van der Waals surface area contributed by atoms with Crippen LogP contribution in [0.1, 0.15) is 50.8 Å². The highest BCUT2D eigenvalue weighted by atomic mass is 16.5. The maximum atomic E-state index is 13.2. The maximum Gasteiger partial charge on any atom is 0.343 e. The van der Waals surface area contributed by atoms with Gasteiger partial charge in [0.2, 0.25) is 0 Å². The first-order chi connectivity index (χ1) is 19.2. The molecule has 3 rings (SSSR count). The first-order valence-corrected chi connectivity index (χ1v) is 13.7. The summed E-state index contributed by atoms with van der Waals surface area (Å²) >= 11 is 0. The summed E-state index contributed by atoms with van der Waals surface area (Å²) in [4.78, 5) is 28.0. The second-order valence-corrected chi connectivity index (χ2v) is 10.6. The lowest BCUT2D eigenvalue weighted by molar-refractivity contribution is -0.141. The average molecular weight is 554 g/mol. The summed E-state index contributed by atoms with van der Waals surface area (Å²) in [5.41, 5.74) is 2.74. The third-order valence-corrected chi connectivity index (χ3v) is 7.36. The number of esters is 1. The van der Waals surface area contributed by atoms with Crippen LogP contribution in [0.15, 0.2) is 60.9 Å². The van der Waals surface area contributed by atoms with Crippen LogP contribution in [0.5, 0.6) is 11.5 Å². The van der Waals surface area contributed by atoms with Crippen molar-refractivity contribution in [1.82, 2.24) is 4.90 Å². The standard InChI is InChI=1S/C32H43NO7/c1-8-12-22(9-2)20-38-21-32(4,5)30-16-23-15-29(40-14-11-13-36-6)28(37-7)17-24(23)26-18-27(34)25(19-33(26)30)31(35)39-10-3/h8-9,12,15,17,19,26,30H,1-2,10-11,13-14,16,18,20-21H2,3-7H3/b22-12+. The van der Waals surface area contributed by atoms with E-state index in [1.807, 2.05) is 18.2 Å². The number of nitrogens with zero attached hydrogens (tertiary/aromatic N) is 1. The summed E-state index contributed by atoms with van der Waals surface area (Å²) in [7, 11) is 3.27. The number of Topliss-reactive ketones (excluding diaryl/α,β-unsaturated/α-hetero) is 1. The molecule has 0 amide bonds. The van der Waals surface area contributed by atoms with Gasteiger partial charge in [-0.2, -0.15) is 0 Å². The van der Waals surface area contributed by atoms with Gasteiger partial charge in [0.05, 0.1) is 39.6 Å². The number of ketones is 1. The van der Waals surface area contributed by atoms with Crippen LogP contribution in [0, 0.1) is 5.41 Å². The quantitative estimate of drug-likeness (QED) is 0.128. The third-order valence-electron chi connectivity index (χ3n) is 7.36. The second kappa shape index (κ2) is 14.3. The van der Waals surface area contributed by atoms with E-state index in [0.717, 1.165) is 23.1 Å². The Bertz CT molecular complexity index is 1150. The molecular formula is C32H43NO7. The Labute approximate surface area is 238 Å². The highest BCUT2D eigenvalue weighted by Crippen LogP contribution is 2.47. The molecule has 0 radical (unpaired) electrons. The Balaban J connectivity index is 2.00. The number of carbonyl (C=O) groups is 2. The number of methoxy groups -OCH3 is 2. The number of ether oxygens (including phenoxy) is 5. The molecule has 2 aliphatic heterocycles. The summed E-state index contributed by atoms with van der Waals surface area (Å²) in [5, 5.41) is 0. The second-order valence-electron chi connectivity index (χ2n) is 10.6. The Hall–Kier alpha value is -3.36. The fraction of sp³-hybridized carbons (Fsp3) is 0.500. The van der Waals surface area contributed by atoms with Crippen LogP contribution in [0.2, 0.25) is 0 Å². The Morgan fingerprint density at radius 2 is 1.93 bits per heavy atom. The van der Waals surface area contributed by atoms with Crippen LogP contribution >= 0.6 is 0 Å². The number of hydrogen-bond acceptors (Lipinski definition) is 8. The van der Waals surface area contributed by atoms with Crippen molar-refractivity contribution in [2.24, 2.45) is 5.41 Å². The van der Waals surface area contributed by atoms with Crippen molar-refractivity contribution in [1.29, 1.82) is 0 Å². The summed E-state index contributed by atoms with van der Waals surface area (Å²) in [5.74, 6) is 0.445. The fourth-order valence-electron chi connectivity index (χ4n) is 5.27. The highest BCUT2D eigenvalue weighted by molar-refractivity contribution is 6.17. The minimum atomic E-state index is -0.591. The van der Waals surface area contributed by atoms with Gasteiger partial charge in [-0.05, 0) is 42.2 Å². The number of fused-ring (bicyclic) bond motifs is 3. The van der Waals surface area contributed by atoms with Gasteiger partial charge in [0.1, 0.15) is 5.57 Å². The van der Waals surface area contributed by atoms with E-state index in [4.69, 9.17) is 23.7 Å². The van der Waals surface area contributed by atoms with E-state index in [1.165, 1.54) is 0 Å². The average Bonchev–Trinajstić information content (AvgIpc) is 2.93. The van der Waals surface area contributed by atoms with Crippen LogP contribution in [0.3, 0.4) is 0 Å². The molecular weight excluding hydrogens is 510 g/mol. The molecule has 0 N–H and O–H groups in total. The number of carbonyl (C=O) groups excluding carboxylic acids is 2. The van der Waals surface area contributed by atoms with Gasteiger partial charge >= 0.3 is 5.97 Å². The van der Waals surface area contributed by atoms with Gasteiger partial charge in [0.25, 0.3) is 0 Å². The van der Waals surface area contributed by atoms with Crippen LogP contribution in [0.4, 0.5) is 0 Å². The van der Waals surface area contributed by atoms with Gasteiger partial charge in [-0.3, -0.25) is 4.79 Å². The maximum absolute atomic E-state index is 13.2. The molecule has 2 aliphatic rings. The molecule has 0 spiro atoms. The smallest absolute Gasteiger partial charge is 0.343 e. The molecule has 40 heavy (non-hydrogen) atoms. The topological polar surface area (TPSA) is 83.5 Å². The summed E-state index contributed by atoms with van der Waals surface area (Å²) in [6.07, 6.45) is 8.61. The van der Waals surface area contributed by atoms with Gasteiger partial charge in [-0.25, -0.2) is 4.79 Å². The predicted octanol–water partition coefficient (Wildman–Crippen LogP) is 5.14. The molecule has 0 aliphatic carbocycles. The molecule has 2 atom stereocenters. The largest absolute Gasteiger partial charge is 0.493 e. The van der Waals surface area contributed by atoms with Crippen LogP contribution in [0.25, 0.3) is 0 Å². The van der Waals surface area contributed by atoms with Crippen molar-refractivity contribution in [2.75, 3.05) is 47.3 Å². The molecule has 0 saturated heterocycles. The molecule has 1 aromatic carbocycles. The van der Waals surface area contributed by atoms with E-state index in [9.17, 15) is 9.59 Å². The molecule has 218 valence electrons. The minimum absolute atomic E-state index is 0.0761. The van der Waals surface area contributed by atoms with E-state index < -0.39 is 5.97 Å². The minimum Gasteiger partial charge on any atom is -0.493 e. The zero-order chi connectivity index (χ0) is 29.3. The lowest BCUT2D eigenvalue weighted by atomic mass is 9.73. The number of hydrogen-bond donors (Lipinski definition) is 0. The number of benzene rings is 1. The first-order valence-electron chi connectivity index (χ1n) is 13.7. The molecule has 0 bridgehead atoms. The molecule has 2 unspecified atom stereocenters. The zero-order valence-corrected chi connectivity index (χ0v) is 24.5.